The smallest absolute Gasteiger partial charge is 0.329 e. The van der Waals surface area contributed by atoms with E-state index in [-0.39, 0.29) is 0 Å². The summed E-state index contributed by atoms with van der Waals surface area (Å²) >= 11 is 1.78. The average molecular weight is 276 g/mol. The lowest BCUT2D eigenvalue weighted by Gasteiger charge is -2.30. The number of rotatable bonds is 4. The Bertz CT molecular complexity index is 336. The van der Waals surface area contributed by atoms with E-state index in [0.29, 0.717) is 18.3 Å². The van der Waals surface area contributed by atoms with Crippen molar-refractivity contribution in [3.63, 3.8) is 0 Å². The number of thioether (sulfide) groups is 1. The Morgan fingerprint density at radius 2 is 2.17 bits per heavy atom. The zero-order valence-electron chi connectivity index (χ0n) is 10.0. The zero-order valence-corrected chi connectivity index (χ0v) is 10.9. The molecule has 0 aromatic carbocycles. The molecule has 1 unspecified atom stereocenters. The molecule has 2 N–H and O–H groups in total. The predicted octanol–water partition coefficient (Wildman–Crippen LogP) is -0.239. The van der Waals surface area contributed by atoms with Gasteiger partial charge < -0.3 is 14.7 Å². The predicted molar refractivity (Wildman–Crippen MR) is 65.5 cm³/mol. The lowest BCUT2D eigenvalue weighted by molar-refractivity contribution is -0.143. The highest BCUT2D eigenvalue weighted by atomic mass is 32.2. The molecule has 7 nitrogen and oxygen atoms in total. The van der Waals surface area contributed by atoms with Crippen LogP contribution in [-0.2, 0) is 14.3 Å². The Labute approximate surface area is 109 Å². The minimum atomic E-state index is -1.16. The molecule has 0 bridgehead atoms. The summed E-state index contributed by atoms with van der Waals surface area (Å²) in [6.45, 7) is 2.22. The number of carbonyl (C=O) groups excluding carboxylic acids is 2. The maximum absolute atomic E-state index is 11.7. The van der Waals surface area contributed by atoms with E-state index in [0.717, 1.165) is 5.75 Å². The van der Waals surface area contributed by atoms with E-state index in [9.17, 15) is 14.4 Å². The Morgan fingerprint density at radius 3 is 2.78 bits per heavy atom. The number of carboxylic acids is 1. The first-order chi connectivity index (χ1) is 8.49. The number of carbonyl (C=O) groups is 3. The highest BCUT2D eigenvalue weighted by Gasteiger charge is 2.22. The van der Waals surface area contributed by atoms with E-state index in [1.165, 1.54) is 0 Å². The van der Waals surface area contributed by atoms with Crippen LogP contribution in [0.25, 0.3) is 0 Å². The molecule has 0 spiro atoms. The van der Waals surface area contributed by atoms with Gasteiger partial charge in [0.25, 0.3) is 5.91 Å². The minimum absolute atomic E-state index is 0.350. The van der Waals surface area contributed by atoms with Crippen molar-refractivity contribution in [1.29, 1.82) is 0 Å². The largest absolute Gasteiger partial charge is 0.480 e. The summed E-state index contributed by atoms with van der Waals surface area (Å²) in [5, 5.41) is 10.8. The van der Waals surface area contributed by atoms with E-state index >= 15 is 0 Å². The summed E-state index contributed by atoms with van der Waals surface area (Å²) < 4.78 is 4.58. The second-order valence-corrected chi connectivity index (χ2v) is 5.41. The molecule has 0 aromatic heterocycles. The van der Waals surface area contributed by atoms with Gasteiger partial charge in [0.2, 0.25) is 0 Å². The minimum Gasteiger partial charge on any atom is -0.480 e. The van der Waals surface area contributed by atoms with Crippen LogP contribution in [0.3, 0.4) is 0 Å². The summed E-state index contributed by atoms with van der Waals surface area (Å²) in [6.07, 6.45) is 0. The van der Waals surface area contributed by atoms with Crippen molar-refractivity contribution in [3.8, 4) is 0 Å². The van der Waals surface area contributed by atoms with Gasteiger partial charge >= 0.3 is 12.0 Å². The van der Waals surface area contributed by atoms with Crippen molar-refractivity contribution < 1.29 is 24.2 Å². The number of amides is 3. The summed E-state index contributed by atoms with van der Waals surface area (Å²) in [5.41, 5.74) is 0. The van der Waals surface area contributed by atoms with Crippen LogP contribution in [-0.4, -0.2) is 65.2 Å². The van der Waals surface area contributed by atoms with Crippen LogP contribution in [0.5, 0.6) is 0 Å². The quantitative estimate of drug-likeness (QED) is 0.736. The first-order valence-electron chi connectivity index (χ1n) is 5.49. The zero-order chi connectivity index (χ0) is 13.5. The molecule has 1 heterocycles. The summed E-state index contributed by atoms with van der Waals surface area (Å²) in [6, 6.07) is -0.453. The molecule has 8 heteroatoms. The maximum atomic E-state index is 11.7. The van der Waals surface area contributed by atoms with Gasteiger partial charge in [0.05, 0.1) is 0 Å². The van der Waals surface area contributed by atoms with Crippen molar-refractivity contribution in [3.05, 3.63) is 0 Å². The van der Waals surface area contributed by atoms with Crippen molar-refractivity contribution in [1.82, 2.24) is 10.2 Å². The van der Waals surface area contributed by atoms with Gasteiger partial charge in [-0.2, -0.15) is 11.8 Å². The molecular weight excluding hydrogens is 260 g/mol. The molecule has 0 aliphatic carbocycles. The number of hydrogen-bond acceptors (Lipinski definition) is 5. The Balaban J connectivity index is 2.26. The first kappa shape index (κ1) is 14.8. The molecule has 0 aromatic rings. The molecule has 0 saturated carbocycles. The Morgan fingerprint density at radius 1 is 1.44 bits per heavy atom. The van der Waals surface area contributed by atoms with Crippen LogP contribution in [0.4, 0.5) is 4.79 Å². The van der Waals surface area contributed by atoms with E-state index in [4.69, 9.17) is 5.11 Å². The number of hydrogen-bond donors (Lipinski definition) is 2. The fraction of sp³-hybridized carbons (Fsp3) is 0.700. The van der Waals surface area contributed by atoms with Gasteiger partial charge in [-0.1, -0.05) is 6.92 Å². The molecule has 18 heavy (non-hydrogen) atoms. The monoisotopic (exact) mass is 276 g/mol. The summed E-state index contributed by atoms with van der Waals surface area (Å²) in [7, 11) is 0. The van der Waals surface area contributed by atoms with E-state index in [2.05, 4.69) is 10.1 Å². The average Bonchev–Trinajstić information content (AvgIpc) is 2.28. The Kier molecular flexibility index (Phi) is 5.93. The molecule has 1 aliphatic rings. The number of aliphatic carboxylic acids is 1. The number of ether oxygens (including phenoxy) is 1. The number of nitrogens with zero attached hydrogens (tertiary/aromatic N) is 1. The fourth-order valence-corrected chi connectivity index (χ4v) is 2.48. The van der Waals surface area contributed by atoms with Crippen LogP contribution in [0.15, 0.2) is 0 Å². The molecule has 1 fully saturated rings. The molecule has 1 saturated heterocycles. The van der Waals surface area contributed by atoms with Crippen molar-refractivity contribution in [2.45, 2.75) is 12.2 Å². The fourth-order valence-electron chi connectivity index (χ4n) is 1.47. The van der Waals surface area contributed by atoms with E-state index in [1.54, 1.807) is 16.7 Å². The highest BCUT2D eigenvalue weighted by molar-refractivity contribution is 7.99. The standard InChI is InChI=1S/C10H16N2O5S/c1-7-4-12(2-3-18-7)10(16)11-8(13)5-17-6-9(14)15/h7H,2-6H2,1H3,(H,14,15)(H,11,13,16). The second-order valence-electron chi connectivity index (χ2n) is 3.87. The van der Waals surface area contributed by atoms with Gasteiger partial charge in [0, 0.05) is 24.1 Å². The van der Waals surface area contributed by atoms with Crippen molar-refractivity contribution in [2.75, 3.05) is 32.1 Å². The molecule has 1 aliphatic heterocycles. The highest BCUT2D eigenvalue weighted by Crippen LogP contribution is 2.17. The first-order valence-corrected chi connectivity index (χ1v) is 6.54. The second kappa shape index (κ2) is 7.22. The van der Waals surface area contributed by atoms with Crippen molar-refractivity contribution >= 4 is 29.7 Å². The SMILES string of the molecule is CC1CN(C(=O)NC(=O)COCC(=O)O)CCS1. The van der Waals surface area contributed by atoms with Crippen LogP contribution in [0.2, 0.25) is 0 Å². The third-order valence-electron chi connectivity index (χ3n) is 2.23. The molecular formula is C10H16N2O5S. The summed E-state index contributed by atoms with van der Waals surface area (Å²) in [5.74, 6) is -0.943. The van der Waals surface area contributed by atoms with Crippen LogP contribution < -0.4 is 5.32 Å². The van der Waals surface area contributed by atoms with Gasteiger partial charge in [0.1, 0.15) is 13.2 Å². The van der Waals surface area contributed by atoms with Crippen molar-refractivity contribution in [2.24, 2.45) is 0 Å². The number of urea groups is 1. The van der Waals surface area contributed by atoms with E-state index in [1.807, 2.05) is 6.92 Å². The van der Waals surface area contributed by atoms with Gasteiger partial charge in [-0.15, -0.1) is 0 Å². The number of imide groups is 1. The lowest BCUT2D eigenvalue weighted by Crippen LogP contribution is -2.48. The molecule has 0 radical (unpaired) electrons. The van der Waals surface area contributed by atoms with Gasteiger partial charge in [-0.25, -0.2) is 9.59 Å². The van der Waals surface area contributed by atoms with Crippen LogP contribution in [0, 0.1) is 0 Å². The topological polar surface area (TPSA) is 95.9 Å². The normalized spacial score (nSPS) is 19.4. The Hall–Kier alpha value is -1.28. The third-order valence-corrected chi connectivity index (χ3v) is 3.37. The molecule has 3 amide bonds. The number of carboxylic acid groups (broad SMARTS) is 1. The van der Waals surface area contributed by atoms with Gasteiger partial charge in [-0.05, 0) is 0 Å². The summed E-state index contributed by atoms with van der Waals surface area (Å²) in [4.78, 5) is 34.7. The van der Waals surface area contributed by atoms with Gasteiger partial charge in [-0.3, -0.25) is 10.1 Å². The lowest BCUT2D eigenvalue weighted by atomic mass is 10.4. The third kappa shape index (κ3) is 5.37. The van der Waals surface area contributed by atoms with Gasteiger partial charge in [0.15, 0.2) is 0 Å². The molecule has 1 rings (SSSR count). The van der Waals surface area contributed by atoms with Crippen LogP contribution in [0.1, 0.15) is 6.92 Å². The molecule has 1 atom stereocenters. The maximum Gasteiger partial charge on any atom is 0.329 e. The van der Waals surface area contributed by atoms with Crippen LogP contribution >= 0.6 is 11.8 Å². The molecule has 102 valence electrons. The number of nitrogens with one attached hydrogen (secondary N) is 1. The van der Waals surface area contributed by atoms with E-state index < -0.39 is 31.1 Å².